The van der Waals surface area contributed by atoms with Crippen LogP contribution >= 0.6 is 22.9 Å². The van der Waals surface area contributed by atoms with Crippen molar-refractivity contribution in [3.8, 4) is 0 Å². The highest BCUT2D eigenvalue weighted by Gasteiger charge is 2.06. The van der Waals surface area contributed by atoms with Crippen molar-refractivity contribution in [2.75, 3.05) is 31.5 Å². The summed E-state index contributed by atoms with van der Waals surface area (Å²) in [5.74, 6) is 0. The predicted octanol–water partition coefficient (Wildman–Crippen LogP) is 3.70. The summed E-state index contributed by atoms with van der Waals surface area (Å²) in [4.78, 5) is 6.91. The van der Waals surface area contributed by atoms with Gasteiger partial charge in [-0.1, -0.05) is 42.9 Å². The summed E-state index contributed by atoms with van der Waals surface area (Å²) in [6.07, 6.45) is 0. The van der Waals surface area contributed by atoms with Crippen molar-refractivity contribution in [1.82, 2.24) is 9.88 Å². The van der Waals surface area contributed by atoms with Crippen molar-refractivity contribution >= 4 is 38.3 Å². The number of thiazole rings is 1. The number of rotatable bonds is 6. The first kappa shape index (κ1) is 13.6. The topological polar surface area (TPSA) is 28.2 Å². The molecule has 0 saturated carbocycles. The number of fused-ring (bicyclic) bond motifs is 1. The molecule has 1 heterocycles. The monoisotopic (exact) mass is 283 g/mol. The Morgan fingerprint density at radius 3 is 2.78 bits per heavy atom. The van der Waals surface area contributed by atoms with Gasteiger partial charge >= 0.3 is 0 Å². The van der Waals surface area contributed by atoms with Crippen LogP contribution < -0.4 is 5.32 Å². The Kier molecular flexibility index (Phi) is 4.80. The van der Waals surface area contributed by atoms with Crippen molar-refractivity contribution < 1.29 is 0 Å². The van der Waals surface area contributed by atoms with E-state index in [1.54, 1.807) is 11.3 Å². The summed E-state index contributed by atoms with van der Waals surface area (Å²) in [6, 6.07) is 5.83. The van der Waals surface area contributed by atoms with Crippen molar-refractivity contribution in [2.24, 2.45) is 0 Å². The van der Waals surface area contributed by atoms with Crippen LogP contribution in [-0.4, -0.2) is 36.1 Å². The number of nitrogens with one attached hydrogen (secondary N) is 1. The lowest BCUT2D eigenvalue weighted by Gasteiger charge is -2.17. The molecule has 0 radical (unpaired) electrons. The highest BCUT2D eigenvalue weighted by molar-refractivity contribution is 7.22. The van der Waals surface area contributed by atoms with E-state index >= 15 is 0 Å². The van der Waals surface area contributed by atoms with Crippen molar-refractivity contribution in [3.63, 3.8) is 0 Å². The molecule has 0 atom stereocenters. The minimum Gasteiger partial charge on any atom is -0.360 e. The van der Waals surface area contributed by atoms with Gasteiger partial charge in [-0.2, -0.15) is 0 Å². The highest BCUT2D eigenvalue weighted by Crippen LogP contribution is 2.31. The molecule has 0 aliphatic heterocycles. The molecule has 0 amide bonds. The van der Waals surface area contributed by atoms with Gasteiger partial charge in [0.05, 0.1) is 15.2 Å². The van der Waals surface area contributed by atoms with Crippen LogP contribution in [0.1, 0.15) is 13.8 Å². The van der Waals surface area contributed by atoms with E-state index in [1.165, 1.54) is 0 Å². The molecule has 98 valence electrons. The van der Waals surface area contributed by atoms with Crippen molar-refractivity contribution in [3.05, 3.63) is 23.2 Å². The molecule has 1 N–H and O–H groups in total. The van der Waals surface area contributed by atoms with Crippen LogP contribution in [0.2, 0.25) is 5.02 Å². The zero-order valence-electron chi connectivity index (χ0n) is 10.7. The Balaban J connectivity index is 1.98. The Hall–Kier alpha value is -0.840. The number of hydrogen-bond acceptors (Lipinski definition) is 4. The summed E-state index contributed by atoms with van der Waals surface area (Å²) in [7, 11) is 0. The van der Waals surface area contributed by atoms with E-state index in [0.717, 1.165) is 46.5 Å². The first-order valence-corrected chi connectivity index (χ1v) is 7.45. The molecule has 18 heavy (non-hydrogen) atoms. The summed E-state index contributed by atoms with van der Waals surface area (Å²) in [6.45, 7) is 8.49. The van der Waals surface area contributed by atoms with Gasteiger partial charge < -0.3 is 10.2 Å². The van der Waals surface area contributed by atoms with Gasteiger partial charge in [0.15, 0.2) is 5.13 Å². The molecule has 0 aliphatic carbocycles. The Morgan fingerprint density at radius 1 is 1.33 bits per heavy atom. The molecule has 1 aromatic carbocycles. The second-order valence-electron chi connectivity index (χ2n) is 4.06. The second-order valence-corrected chi connectivity index (χ2v) is 5.47. The van der Waals surface area contributed by atoms with Crippen molar-refractivity contribution in [1.29, 1.82) is 0 Å². The van der Waals surface area contributed by atoms with E-state index in [4.69, 9.17) is 11.6 Å². The molecule has 1 aromatic heterocycles. The number of benzene rings is 1. The summed E-state index contributed by atoms with van der Waals surface area (Å²) in [5.41, 5.74) is 0.970. The average molecular weight is 284 g/mol. The second kappa shape index (κ2) is 6.36. The van der Waals surface area contributed by atoms with Crippen LogP contribution in [-0.2, 0) is 0 Å². The Morgan fingerprint density at radius 2 is 2.11 bits per heavy atom. The quantitative estimate of drug-likeness (QED) is 0.876. The molecular weight excluding hydrogens is 266 g/mol. The third-order valence-electron chi connectivity index (χ3n) is 2.97. The lowest BCUT2D eigenvalue weighted by molar-refractivity contribution is 0.316. The van der Waals surface area contributed by atoms with Gasteiger partial charge in [0.25, 0.3) is 0 Å². The van der Waals surface area contributed by atoms with E-state index < -0.39 is 0 Å². The van der Waals surface area contributed by atoms with Gasteiger partial charge in [-0.25, -0.2) is 4.98 Å². The maximum Gasteiger partial charge on any atom is 0.183 e. The average Bonchev–Trinajstić information content (AvgIpc) is 2.79. The zero-order valence-corrected chi connectivity index (χ0v) is 12.3. The fraction of sp³-hybridized carbons (Fsp3) is 0.462. The highest BCUT2D eigenvalue weighted by atomic mass is 35.5. The fourth-order valence-corrected chi connectivity index (χ4v) is 3.03. The number of nitrogens with zero attached hydrogens (tertiary/aromatic N) is 2. The van der Waals surface area contributed by atoms with Gasteiger partial charge in [-0.3, -0.25) is 0 Å². The lowest BCUT2D eigenvalue weighted by atomic mass is 10.3. The SMILES string of the molecule is CCN(CC)CCNc1nc2cccc(Cl)c2s1. The molecule has 2 aromatic rings. The molecule has 0 unspecified atom stereocenters. The molecule has 0 fully saturated rings. The zero-order chi connectivity index (χ0) is 13.0. The smallest absolute Gasteiger partial charge is 0.183 e. The van der Waals surface area contributed by atoms with Gasteiger partial charge in [-0.15, -0.1) is 0 Å². The molecule has 0 bridgehead atoms. The van der Waals surface area contributed by atoms with Crippen LogP contribution in [0.5, 0.6) is 0 Å². The number of likely N-dealkylation sites (N-methyl/N-ethyl adjacent to an activating group) is 1. The Labute approximate surface area is 117 Å². The largest absolute Gasteiger partial charge is 0.360 e. The predicted molar refractivity (Wildman–Crippen MR) is 80.9 cm³/mol. The molecule has 3 nitrogen and oxygen atoms in total. The van der Waals surface area contributed by atoms with E-state index in [1.807, 2.05) is 18.2 Å². The molecule has 2 rings (SSSR count). The Bertz CT molecular complexity index is 508. The number of anilines is 1. The molecule has 5 heteroatoms. The minimum absolute atomic E-state index is 0.779. The molecule has 0 aliphatic rings. The van der Waals surface area contributed by atoms with Gasteiger partial charge in [-0.05, 0) is 25.2 Å². The normalized spacial score (nSPS) is 11.3. The first-order valence-electron chi connectivity index (χ1n) is 6.25. The van der Waals surface area contributed by atoms with E-state index in [9.17, 15) is 0 Å². The van der Waals surface area contributed by atoms with Crippen LogP contribution in [0.3, 0.4) is 0 Å². The number of hydrogen-bond donors (Lipinski definition) is 1. The standard InChI is InChI=1S/C13H18ClN3S/c1-3-17(4-2)9-8-15-13-16-11-7-5-6-10(14)12(11)18-13/h5-7H,3-4,8-9H2,1-2H3,(H,15,16). The third kappa shape index (κ3) is 3.13. The van der Waals surface area contributed by atoms with Gasteiger partial charge in [0.2, 0.25) is 0 Å². The van der Waals surface area contributed by atoms with Crippen molar-refractivity contribution in [2.45, 2.75) is 13.8 Å². The number of aromatic nitrogens is 1. The van der Waals surface area contributed by atoms with Crippen LogP contribution in [0.4, 0.5) is 5.13 Å². The summed E-state index contributed by atoms with van der Waals surface area (Å²) >= 11 is 7.75. The molecule has 0 saturated heterocycles. The third-order valence-corrected chi connectivity index (χ3v) is 4.45. The van der Waals surface area contributed by atoms with E-state index in [2.05, 4.69) is 29.0 Å². The van der Waals surface area contributed by atoms with E-state index in [0.29, 0.717) is 0 Å². The van der Waals surface area contributed by atoms with Crippen LogP contribution in [0.15, 0.2) is 18.2 Å². The summed E-state index contributed by atoms with van der Waals surface area (Å²) in [5, 5.41) is 5.10. The van der Waals surface area contributed by atoms with E-state index in [-0.39, 0.29) is 0 Å². The molecule has 0 spiro atoms. The minimum atomic E-state index is 0.779. The summed E-state index contributed by atoms with van der Waals surface area (Å²) < 4.78 is 1.06. The fourth-order valence-electron chi connectivity index (χ4n) is 1.85. The van der Waals surface area contributed by atoms with Crippen LogP contribution in [0, 0.1) is 0 Å². The first-order chi connectivity index (χ1) is 8.74. The van der Waals surface area contributed by atoms with Gasteiger partial charge in [0.1, 0.15) is 0 Å². The van der Waals surface area contributed by atoms with Crippen LogP contribution in [0.25, 0.3) is 10.2 Å². The lowest BCUT2D eigenvalue weighted by Crippen LogP contribution is -2.28. The van der Waals surface area contributed by atoms with Gasteiger partial charge in [0, 0.05) is 13.1 Å². The maximum absolute atomic E-state index is 6.13. The maximum atomic E-state index is 6.13. The molecular formula is C13H18ClN3S. The number of halogens is 1.